The maximum Gasteiger partial charge on any atom is 0.224 e. The van der Waals surface area contributed by atoms with E-state index in [0.717, 1.165) is 49.7 Å². The summed E-state index contributed by atoms with van der Waals surface area (Å²) >= 11 is 0. The maximum atomic E-state index is 13.1. The lowest BCUT2D eigenvalue weighted by atomic mass is 10.1. The number of aromatic nitrogens is 1. The molecule has 6 heteroatoms. The van der Waals surface area contributed by atoms with Crippen LogP contribution in [0.2, 0.25) is 0 Å². The molecule has 3 aromatic rings. The largest absolute Gasteiger partial charge is 0.369 e. The van der Waals surface area contributed by atoms with Crippen LogP contribution in [0.1, 0.15) is 5.56 Å². The average Bonchev–Trinajstić information content (AvgIpc) is 3.30. The minimum Gasteiger partial charge on any atom is -0.369 e. The van der Waals surface area contributed by atoms with Gasteiger partial charge in [0, 0.05) is 63.0 Å². The molecule has 30 heavy (non-hydrogen) atoms. The zero-order valence-corrected chi connectivity index (χ0v) is 17.0. The molecule has 0 atom stereocenters. The van der Waals surface area contributed by atoms with E-state index in [1.165, 1.54) is 12.1 Å². The van der Waals surface area contributed by atoms with Crippen LogP contribution in [0.4, 0.5) is 10.1 Å². The first kappa shape index (κ1) is 20.2. The van der Waals surface area contributed by atoms with Crippen LogP contribution in [0.15, 0.2) is 73.1 Å². The lowest BCUT2D eigenvalue weighted by Crippen LogP contribution is -2.48. The van der Waals surface area contributed by atoms with Crippen LogP contribution >= 0.6 is 0 Å². The van der Waals surface area contributed by atoms with Gasteiger partial charge in [-0.15, -0.1) is 0 Å². The van der Waals surface area contributed by atoms with Crippen molar-refractivity contribution in [3.63, 3.8) is 0 Å². The molecule has 0 unspecified atom stereocenters. The Hall–Kier alpha value is -3.12. The molecule has 1 aliphatic rings. The highest BCUT2D eigenvalue weighted by Gasteiger charge is 2.17. The Bertz CT molecular complexity index is 930. The van der Waals surface area contributed by atoms with Gasteiger partial charge in [-0.1, -0.05) is 12.1 Å². The van der Waals surface area contributed by atoms with Crippen LogP contribution in [0.25, 0.3) is 5.69 Å². The molecule has 2 aromatic carbocycles. The van der Waals surface area contributed by atoms with Gasteiger partial charge in [-0.2, -0.15) is 0 Å². The first-order valence-electron chi connectivity index (χ1n) is 10.4. The molecule has 2 heterocycles. The SMILES string of the molecule is O=C(Cc1ccc(-n2cccc2)cc1)NCCN1CCN(c2ccc(F)cc2)CC1. The topological polar surface area (TPSA) is 40.5 Å². The minimum absolute atomic E-state index is 0.0497. The molecule has 1 fully saturated rings. The standard InChI is InChI=1S/C24H27FN4O/c25-21-5-9-23(10-6-21)29-17-15-27(16-18-29)14-11-26-24(30)19-20-3-7-22(8-4-20)28-12-1-2-13-28/h1-10,12-13H,11,14-19H2,(H,26,30). The molecule has 0 bridgehead atoms. The van der Waals surface area contributed by atoms with Crippen molar-refractivity contribution in [3.8, 4) is 5.69 Å². The second-order valence-electron chi connectivity index (χ2n) is 7.59. The van der Waals surface area contributed by atoms with Crippen molar-refractivity contribution in [2.75, 3.05) is 44.2 Å². The Morgan fingerprint density at radius 3 is 2.17 bits per heavy atom. The summed E-state index contributed by atoms with van der Waals surface area (Å²) in [5.41, 5.74) is 3.16. The number of anilines is 1. The minimum atomic E-state index is -0.204. The van der Waals surface area contributed by atoms with E-state index in [0.29, 0.717) is 13.0 Å². The third kappa shape index (κ3) is 5.27. The summed E-state index contributed by atoms with van der Waals surface area (Å²) in [7, 11) is 0. The number of nitrogens with one attached hydrogen (secondary N) is 1. The van der Waals surface area contributed by atoms with Gasteiger partial charge in [0.2, 0.25) is 5.91 Å². The van der Waals surface area contributed by atoms with Gasteiger partial charge in [-0.05, 0) is 54.1 Å². The number of carbonyl (C=O) groups excluding carboxylic acids is 1. The number of piperazine rings is 1. The number of benzene rings is 2. The summed E-state index contributed by atoms with van der Waals surface area (Å²) in [6.07, 6.45) is 4.40. The van der Waals surface area contributed by atoms with Gasteiger partial charge >= 0.3 is 0 Å². The van der Waals surface area contributed by atoms with Gasteiger partial charge in [0.1, 0.15) is 5.82 Å². The van der Waals surface area contributed by atoms with Crippen molar-refractivity contribution in [2.45, 2.75) is 6.42 Å². The third-order valence-electron chi connectivity index (χ3n) is 5.52. The smallest absolute Gasteiger partial charge is 0.224 e. The van der Waals surface area contributed by atoms with Gasteiger partial charge in [-0.25, -0.2) is 4.39 Å². The molecule has 0 saturated carbocycles. The number of hydrogen-bond acceptors (Lipinski definition) is 3. The van der Waals surface area contributed by atoms with Gasteiger partial charge in [0.25, 0.3) is 0 Å². The fourth-order valence-corrected chi connectivity index (χ4v) is 3.78. The molecule has 1 amide bonds. The fraction of sp³-hybridized carbons (Fsp3) is 0.292. The van der Waals surface area contributed by atoms with E-state index in [9.17, 15) is 9.18 Å². The molecular weight excluding hydrogens is 379 g/mol. The first-order valence-corrected chi connectivity index (χ1v) is 10.4. The second-order valence-corrected chi connectivity index (χ2v) is 7.59. The fourth-order valence-electron chi connectivity index (χ4n) is 3.78. The molecule has 156 valence electrons. The predicted molar refractivity (Wildman–Crippen MR) is 118 cm³/mol. The Morgan fingerprint density at radius 1 is 0.867 bits per heavy atom. The molecule has 0 aliphatic carbocycles. The Kier molecular flexibility index (Phi) is 6.44. The van der Waals surface area contributed by atoms with Crippen LogP contribution in [0.5, 0.6) is 0 Å². The van der Waals surface area contributed by atoms with Crippen LogP contribution in [0, 0.1) is 5.82 Å². The van der Waals surface area contributed by atoms with E-state index >= 15 is 0 Å². The number of nitrogens with zero attached hydrogens (tertiary/aromatic N) is 3. The number of rotatable bonds is 7. The molecular formula is C24H27FN4O. The number of halogens is 1. The Labute approximate surface area is 176 Å². The van der Waals surface area contributed by atoms with Crippen LogP contribution in [-0.2, 0) is 11.2 Å². The lowest BCUT2D eigenvalue weighted by Gasteiger charge is -2.36. The van der Waals surface area contributed by atoms with Crippen molar-refractivity contribution in [1.29, 1.82) is 0 Å². The second kappa shape index (κ2) is 9.59. The highest BCUT2D eigenvalue weighted by molar-refractivity contribution is 5.78. The van der Waals surface area contributed by atoms with Crippen molar-refractivity contribution in [3.05, 3.63) is 84.4 Å². The van der Waals surface area contributed by atoms with Crippen LogP contribution < -0.4 is 10.2 Å². The molecule has 1 aliphatic heterocycles. The average molecular weight is 407 g/mol. The first-order chi connectivity index (χ1) is 14.7. The molecule has 1 saturated heterocycles. The Morgan fingerprint density at radius 2 is 1.50 bits per heavy atom. The highest BCUT2D eigenvalue weighted by Crippen LogP contribution is 2.16. The zero-order chi connectivity index (χ0) is 20.8. The Balaban J connectivity index is 1.16. The van der Waals surface area contributed by atoms with E-state index in [-0.39, 0.29) is 11.7 Å². The van der Waals surface area contributed by atoms with E-state index in [4.69, 9.17) is 0 Å². The van der Waals surface area contributed by atoms with Crippen molar-refractivity contribution in [1.82, 2.24) is 14.8 Å². The number of amides is 1. The van der Waals surface area contributed by atoms with Gasteiger partial charge < -0.3 is 14.8 Å². The summed E-state index contributed by atoms with van der Waals surface area (Å²) < 4.78 is 15.1. The number of hydrogen-bond donors (Lipinski definition) is 1. The van der Waals surface area contributed by atoms with Crippen LogP contribution in [0.3, 0.4) is 0 Å². The zero-order valence-electron chi connectivity index (χ0n) is 17.0. The highest BCUT2D eigenvalue weighted by atomic mass is 19.1. The molecule has 0 spiro atoms. The predicted octanol–water partition coefficient (Wildman–Crippen LogP) is 3.10. The van der Waals surface area contributed by atoms with E-state index in [1.807, 2.05) is 65.5 Å². The van der Waals surface area contributed by atoms with Crippen molar-refractivity contribution >= 4 is 11.6 Å². The summed E-state index contributed by atoms with van der Waals surface area (Å²) in [5, 5.41) is 3.03. The third-order valence-corrected chi connectivity index (χ3v) is 5.52. The molecule has 0 radical (unpaired) electrons. The normalized spacial score (nSPS) is 14.6. The number of carbonyl (C=O) groups is 1. The maximum absolute atomic E-state index is 13.1. The van der Waals surface area contributed by atoms with Gasteiger partial charge in [-0.3, -0.25) is 9.69 Å². The van der Waals surface area contributed by atoms with E-state index in [2.05, 4.69) is 15.1 Å². The molecule has 1 aromatic heterocycles. The monoisotopic (exact) mass is 406 g/mol. The van der Waals surface area contributed by atoms with Crippen molar-refractivity contribution in [2.24, 2.45) is 0 Å². The summed E-state index contributed by atoms with van der Waals surface area (Å²) in [4.78, 5) is 16.9. The van der Waals surface area contributed by atoms with Crippen LogP contribution in [-0.4, -0.2) is 54.6 Å². The summed E-state index contributed by atoms with van der Waals surface area (Å²) in [6.45, 7) is 5.19. The quantitative estimate of drug-likeness (QED) is 0.656. The van der Waals surface area contributed by atoms with Gasteiger partial charge in [0.15, 0.2) is 0 Å². The molecule has 4 rings (SSSR count). The van der Waals surface area contributed by atoms with Crippen molar-refractivity contribution < 1.29 is 9.18 Å². The molecule has 1 N–H and O–H groups in total. The molecule has 5 nitrogen and oxygen atoms in total. The van der Waals surface area contributed by atoms with Gasteiger partial charge in [0.05, 0.1) is 6.42 Å². The van der Waals surface area contributed by atoms with E-state index in [1.54, 1.807) is 0 Å². The summed E-state index contributed by atoms with van der Waals surface area (Å²) in [5.74, 6) is -0.154. The lowest BCUT2D eigenvalue weighted by molar-refractivity contribution is -0.120. The van der Waals surface area contributed by atoms with E-state index < -0.39 is 0 Å². The summed E-state index contributed by atoms with van der Waals surface area (Å²) in [6, 6.07) is 18.7.